The van der Waals surface area contributed by atoms with Gasteiger partial charge in [-0.05, 0) is 62.6 Å². The molecule has 1 saturated heterocycles. The van der Waals surface area contributed by atoms with Gasteiger partial charge in [0.2, 0.25) is 0 Å². The number of nitrogens with two attached hydrogens (primary N) is 1. The molecule has 2 fully saturated rings. The summed E-state index contributed by atoms with van der Waals surface area (Å²) >= 11 is 6.49. The number of piperidine rings is 1. The van der Waals surface area contributed by atoms with Crippen molar-refractivity contribution in [2.24, 2.45) is 11.7 Å². The normalized spacial score (nSPS) is 27.3. The standard InChI is InChI=1S/C18H27ClN2/c1-13(20)11-15-8-9-16(12-17(15)19)21-10-4-6-14-5-2-3-7-18(14)21/h8-9,12-14,18H,2-7,10-11,20H2,1H3/t13?,14-,18-/m1/s1. The molecular weight excluding hydrogens is 280 g/mol. The van der Waals surface area contributed by atoms with Gasteiger partial charge in [0, 0.05) is 29.3 Å². The fourth-order valence-corrected chi connectivity index (χ4v) is 4.42. The number of hydrogen-bond acceptors (Lipinski definition) is 2. The van der Waals surface area contributed by atoms with Crippen LogP contribution in [0.3, 0.4) is 0 Å². The van der Waals surface area contributed by atoms with Crippen molar-refractivity contribution >= 4 is 17.3 Å². The summed E-state index contributed by atoms with van der Waals surface area (Å²) in [7, 11) is 0. The molecule has 2 aliphatic rings. The lowest BCUT2D eigenvalue weighted by atomic mass is 9.78. The topological polar surface area (TPSA) is 29.3 Å². The Morgan fingerprint density at radius 1 is 1.24 bits per heavy atom. The van der Waals surface area contributed by atoms with Crippen LogP contribution in [-0.4, -0.2) is 18.6 Å². The molecule has 1 aliphatic carbocycles. The fourth-order valence-electron chi connectivity index (χ4n) is 4.17. The van der Waals surface area contributed by atoms with Gasteiger partial charge in [-0.15, -0.1) is 0 Å². The highest BCUT2D eigenvalue weighted by atomic mass is 35.5. The first-order valence-electron chi connectivity index (χ1n) is 8.46. The third-order valence-electron chi connectivity index (χ3n) is 5.15. The van der Waals surface area contributed by atoms with E-state index in [2.05, 4.69) is 23.1 Å². The van der Waals surface area contributed by atoms with Crippen molar-refractivity contribution in [2.45, 2.75) is 64.0 Å². The van der Waals surface area contributed by atoms with Gasteiger partial charge in [0.25, 0.3) is 0 Å². The summed E-state index contributed by atoms with van der Waals surface area (Å²) < 4.78 is 0. The molecule has 1 aromatic carbocycles. The van der Waals surface area contributed by atoms with Crippen LogP contribution in [-0.2, 0) is 6.42 Å². The average molecular weight is 307 g/mol. The number of anilines is 1. The second kappa shape index (κ2) is 6.58. The summed E-state index contributed by atoms with van der Waals surface area (Å²) in [5.74, 6) is 0.898. The predicted octanol–water partition coefficient (Wildman–Crippen LogP) is 4.39. The highest BCUT2D eigenvalue weighted by molar-refractivity contribution is 6.31. The van der Waals surface area contributed by atoms with Crippen molar-refractivity contribution in [1.82, 2.24) is 0 Å². The van der Waals surface area contributed by atoms with Crippen molar-refractivity contribution in [3.63, 3.8) is 0 Å². The van der Waals surface area contributed by atoms with Crippen LogP contribution in [0.5, 0.6) is 0 Å². The quantitative estimate of drug-likeness (QED) is 0.897. The molecule has 2 nitrogen and oxygen atoms in total. The maximum Gasteiger partial charge on any atom is 0.0459 e. The van der Waals surface area contributed by atoms with Gasteiger partial charge in [0.05, 0.1) is 0 Å². The number of halogens is 1. The van der Waals surface area contributed by atoms with E-state index in [1.165, 1.54) is 56.3 Å². The van der Waals surface area contributed by atoms with Gasteiger partial charge in [-0.25, -0.2) is 0 Å². The van der Waals surface area contributed by atoms with E-state index in [4.69, 9.17) is 17.3 Å². The number of nitrogens with zero attached hydrogens (tertiary/aromatic N) is 1. The van der Waals surface area contributed by atoms with E-state index in [9.17, 15) is 0 Å². The lowest BCUT2D eigenvalue weighted by Crippen LogP contribution is -2.46. The molecule has 0 amide bonds. The lowest BCUT2D eigenvalue weighted by Gasteiger charge is -2.45. The van der Waals surface area contributed by atoms with Gasteiger partial charge in [-0.2, -0.15) is 0 Å². The molecule has 0 bridgehead atoms. The summed E-state index contributed by atoms with van der Waals surface area (Å²) in [4.78, 5) is 2.62. The first-order valence-corrected chi connectivity index (χ1v) is 8.83. The zero-order valence-electron chi connectivity index (χ0n) is 13.0. The predicted molar refractivity (Wildman–Crippen MR) is 91.1 cm³/mol. The maximum atomic E-state index is 6.49. The van der Waals surface area contributed by atoms with Crippen LogP contribution in [0.4, 0.5) is 5.69 Å². The molecule has 0 radical (unpaired) electrons. The second-order valence-electron chi connectivity index (χ2n) is 6.90. The van der Waals surface area contributed by atoms with Crippen LogP contribution in [0, 0.1) is 5.92 Å². The number of hydrogen-bond donors (Lipinski definition) is 1. The molecule has 1 saturated carbocycles. The Kier molecular flexibility index (Phi) is 4.75. The molecule has 1 aliphatic heterocycles. The first kappa shape index (κ1) is 15.2. The zero-order chi connectivity index (χ0) is 14.8. The Hall–Kier alpha value is -0.730. The Morgan fingerprint density at radius 2 is 2.00 bits per heavy atom. The average Bonchev–Trinajstić information content (AvgIpc) is 2.48. The van der Waals surface area contributed by atoms with Gasteiger partial charge in [0.1, 0.15) is 0 Å². The number of rotatable bonds is 3. The molecule has 1 unspecified atom stereocenters. The summed E-state index contributed by atoms with van der Waals surface area (Å²) in [6, 6.07) is 7.48. The summed E-state index contributed by atoms with van der Waals surface area (Å²) in [5.41, 5.74) is 8.38. The van der Waals surface area contributed by atoms with Crippen LogP contribution < -0.4 is 10.6 Å². The van der Waals surface area contributed by atoms with Crippen LogP contribution in [0.15, 0.2) is 18.2 Å². The number of benzene rings is 1. The van der Waals surface area contributed by atoms with E-state index in [-0.39, 0.29) is 6.04 Å². The molecule has 1 aromatic rings. The molecule has 3 rings (SSSR count). The van der Waals surface area contributed by atoms with Gasteiger partial charge in [0.15, 0.2) is 0 Å². The fraction of sp³-hybridized carbons (Fsp3) is 0.667. The summed E-state index contributed by atoms with van der Waals surface area (Å²) in [6.45, 7) is 3.21. The van der Waals surface area contributed by atoms with Crippen LogP contribution in [0.25, 0.3) is 0 Å². The van der Waals surface area contributed by atoms with Crippen LogP contribution >= 0.6 is 11.6 Å². The van der Waals surface area contributed by atoms with E-state index in [0.29, 0.717) is 0 Å². The SMILES string of the molecule is CC(N)Cc1ccc(N2CCC[C@H]3CCCC[C@H]32)cc1Cl. The third-order valence-corrected chi connectivity index (χ3v) is 5.51. The zero-order valence-corrected chi connectivity index (χ0v) is 13.8. The lowest BCUT2D eigenvalue weighted by molar-refractivity contribution is 0.244. The van der Waals surface area contributed by atoms with E-state index in [1.54, 1.807) is 0 Å². The smallest absolute Gasteiger partial charge is 0.0459 e. The minimum Gasteiger partial charge on any atom is -0.368 e. The van der Waals surface area contributed by atoms with Gasteiger partial charge in [-0.3, -0.25) is 0 Å². The molecule has 1 heterocycles. The Bertz CT molecular complexity index is 484. The highest BCUT2D eigenvalue weighted by Crippen LogP contribution is 2.38. The van der Waals surface area contributed by atoms with Crippen LogP contribution in [0.2, 0.25) is 5.02 Å². The van der Waals surface area contributed by atoms with E-state index in [0.717, 1.165) is 23.4 Å². The van der Waals surface area contributed by atoms with Crippen molar-refractivity contribution in [3.8, 4) is 0 Å². The van der Waals surface area contributed by atoms with Crippen LogP contribution in [0.1, 0.15) is 51.0 Å². The molecule has 0 spiro atoms. The molecule has 0 aromatic heterocycles. The van der Waals surface area contributed by atoms with Gasteiger partial charge in [-0.1, -0.05) is 30.5 Å². The Labute approximate surface area is 133 Å². The Balaban J connectivity index is 1.80. The summed E-state index contributed by atoms with van der Waals surface area (Å²) in [6.07, 6.45) is 9.15. The minimum absolute atomic E-state index is 0.158. The molecule has 2 N–H and O–H groups in total. The van der Waals surface area contributed by atoms with Gasteiger partial charge < -0.3 is 10.6 Å². The first-order chi connectivity index (χ1) is 10.1. The van der Waals surface area contributed by atoms with Crippen molar-refractivity contribution in [2.75, 3.05) is 11.4 Å². The second-order valence-corrected chi connectivity index (χ2v) is 7.31. The molecule has 21 heavy (non-hydrogen) atoms. The maximum absolute atomic E-state index is 6.49. The van der Waals surface area contributed by atoms with Crippen molar-refractivity contribution < 1.29 is 0 Å². The molecule has 3 atom stereocenters. The van der Waals surface area contributed by atoms with Crippen molar-refractivity contribution in [3.05, 3.63) is 28.8 Å². The monoisotopic (exact) mass is 306 g/mol. The highest BCUT2D eigenvalue weighted by Gasteiger charge is 2.33. The number of fused-ring (bicyclic) bond motifs is 1. The van der Waals surface area contributed by atoms with E-state index >= 15 is 0 Å². The largest absolute Gasteiger partial charge is 0.368 e. The van der Waals surface area contributed by atoms with E-state index < -0.39 is 0 Å². The Morgan fingerprint density at radius 3 is 2.76 bits per heavy atom. The third kappa shape index (κ3) is 3.37. The van der Waals surface area contributed by atoms with Crippen molar-refractivity contribution in [1.29, 1.82) is 0 Å². The van der Waals surface area contributed by atoms with E-state index in [1.807, 2.05) is 6.92 Å². The molecular formula is C18H27ClN2. The summed E-state index contributed by atoms with van der Waals surface area (Å²) in [5, 5.41) is 0.878. The molecule has 116 valence electrons. The van der Waals surface area contributed by atoms with Gasteiger partial charge >= 0.3 is 0 Å². The molecule has 3 heteroatoms. The minimum atomic E-state index is 0.158.